The number of benzene rings is 1. The van der Waals surface area contributed by atoms with Crippen molar-refractivity contribution >= 4 is 46.7 Å². The molecule has 15 nitrogen and oxygen atoms in total. The molecule has 0 radical (unpaired) electrons. The molecular weight excluding hydrogens is 638 g/mol. The summed E-state index contributed by atoms with van der Waals surface area (Å²) in [5, 5.41) is 6.23. The van der Waals surface area contributed by atoms with Crippen LogP contribution in [0.2, 0.25) is 0 Å². The van der Waals surface area contributed by atoms with Crippen LogP contribution in [0.4, 0.5) is 9.59 Å². The molecule has 3 unspecified atom stereocenters. The molecule has 49 heavy (non-hydrogen) atoms. The number of nitrogens with one attached hydrogen (secondary N) is 3. The number of rotatable bonds is 14. The number of fused-ring (bicyclic) bond motifs is 1. The van der Waals surface area contributed by atoms with E-state index in [1.165, 1.54) is 18.9 Å². The molecule has 4 amide bonds. The van der Waals surface area contributed by atoms with Gasteiger partial charge in [-0.15, -0.1) is 0 Å². The molecule has 0 saturated carbocycles. The summed E-state index contributed by atoms with van der Waals surface area (Å²) >= 11 is 0. The van der Waals surface area contributed by atoms with E-state index in [2.05, 4.69) is 20.4 Å². The number of ether oxygens (including phenoxy) is 4. The maximum atomic E-state index is 13.8. The third kappa shape index (κ3) is 9.63. The molecular formula is C34H47N5O10. The third-order valence-electron chi connectivity index (χ3n) is 8.82. The van der Waals surface area contributed by atoms with Crippen molar-refractivity contribution in [2.75, 3.05) is 40.5 Å². The van der Waals surface area contributed by atoms with Gasteiger partial charge in [0, 0.05) is 36.5 Å². The van der Waals surface area contributed by atoms with Crippen molar-refractivity contribution in [1.82, 2.24) is 25.4 Å². The van der Waals surface area contributed by atoms with Gasteiger partial charge in [0.2, 0.25) is 11.8 Å². The number of likely N-dealkylation sites (tertiary alicyclic amines) is 2. The van der Waals surface area contributed by atoms with Crippen LogP contribution < -0.4 is 15.4 Å². The summed E-state index contributed by atoms with van der Waals surface area (Å²) in [6, 6.07) is 4.76. The molecule has 3 N–H and O–H groups in total. The number of hydrogen-bond donors (Lipinski definition) is 3. The quantitative estimate of drug-likeness (QED) is 0.249. The van der Waals surface area contributed by atoms with E-state index < -0.39 is 60.7 Å². The van der Waals surface area contributed by atoms with E-state index in [0.29, 0.717) is 36.2 Å². The fourth-order valence-corrected chi connectivity index (χ4v) is 6.19. The minimum Gasteiger partial charge on any atom is -0.496 e. The van der Waals surface area contributed by atoms with Crippen molar-refractivity contribution in [1.29, 1.82) is 0 Å². The number of methoxy groups -OCH3 is 2. The zero-order valence-corrected chi connectivity index (χ0v) is 28.7. The Morgan fingerprint density at radius 3 is 2.39 bits per heavy atom. The van der Waals surface area contributed by atoms with Crippen molar-refractivity contribution < 1.29 is 47.7 Å². The monoisotopic (exact) mass is 685 g/mol. The second kappa shape index (κ2) is 17.0. The standard InChI is InChI=1S/C34H47N5O10/c1-20(2)16-26(37-31(42)27-18-23-24(35-27)10-9-11-29(23)46-4)30(41)36-25(28(40)19-48-33(44)38-13-7-6-8-14-38)17-22-12-15-39(32(22)43)21(3)49-34(45)47-5/h9-11,18,20-22,25-26,35H,6-8,12-17,19H2,1-5H3,(H,36,41)(H,37,42)/t21?,22-,25?,26?/m0/s1. The molecule has 15 heteroatoms. The number of piperidine rings is 1. The summed E-state index contributed by atoms with van der Waals surface area (Å²) in [6.07, 6.45) is 0.727. The molecule has 0 bridgehead atoms. The Bertz CT molecular complexity index is 1520. The number of carbonyl (C=O) groups is 6. The van der Waals surface area contributed by atoms with Crippen LogP contribution in [0.5, 0.6) is 5.75 Å². The molecule has 2 fully saturated rings. The van der Waals surface area contributed by atoms with Crippen LogP contribution in [0.3, 0.4) is 0 Å². The predicted molar refractivity (Wildman–Crippen MR) is 177 cm³/mol. The summed E-state index contributed by atoms with van der Waals surface area (Å²) in [5.41, 5.74) is 0.902. The molecule has 4 rings (SSSR count). The molecule has 3 heterocycles. The first-order valence-corrected chi connectivity index (χ1v) is 16.7. The maximum Gasteiger partial charge on any atom is 0.509 e. The van der Waals surface area contributed by atoms with Crippen LogP contribution in [0.1, 0.15) is 69.8 Å². The number of ketones is 1. The zero-order chi connectivity index (χ0) is 35.7. The Morgan fingerprint density at radius 1 is 0.980 bits per heavy atom. The van der Waals surface area contributed by atoms with Gasteiger partial charge in [-0.3, -0.25) is 19.2 Å². The molecule has 1 aromatic carbocycles. The molecule has 1 aromatic heterocycles. The van der Waals surface area contributed by atoms with E-state index in [9.17, 15) is 28.8 Å². The highest BCUT2D eigenvalue weighted by atomic mass is 16.7. The Morgan fingerprint density at radius 2 is 1.71 bits per heavy atom. The highest BCUT2D eigenvalue weighted by Crippen LogP contribution is 2.27. The van der Waals surface area contributed by atoms with Gasteiger partial charge in [0.1, 0.15) is 17.5 Å². The number of amides is 4. The van der Waals surface area contributed by atoms with Crippen molar-refractivity contribution in [3.8, 4) is 5.75 Å². The van der Waals surface area contributed by atoms with Gasteiger partial charge in [-0.2, -0.15) is 0 Å². The second-order valence-corrected chi connectivity index (χ2v) is 12.8. The Kier molecular flexibility index (Phi) is 12.9. The lowest BCUT2D eigenvalue weighted by Gasteiger charge is -2.27. The number of hydrogen-bond acceptors (Lipinski definition) is 10. The summed E-state index contributed by atoms with van der Waals surface area (Å²) in [4.78, 5) is 84.4. The lowest BCUT2D eigenvalue weighted by Crippen LogP contribution is -2.53. The van der Waals surface area contributed by atoms with E-state index in [0.717, 1.165) is 26.4 Å². The van der Waals surface area contributed by atoms with Crippen molar-refractivity contribution in [2.45, 2.75) is 77.6 Å². The van der Waals surface area contributed by atoms with Gasteiger partial charge >= 0.3 is 12.2 Å². The SMILES string of the molecule is COC(=O)OC(C)N1CC[C@@H](CC(NC(=O)C(CC(C)C)NC(=O)c2cc3c(OC)cccc3[nH]2)C(=O)COC(=O)N2CCCCC2)C1=O. The molecule has 268 valence electrons. The van der Waals surface area contributed by atoms with Crippen molar-refractivity contribution in [3.05, 3.63) is 30.0 Å². The molecule has 0 aliphatic carbocycles. The molecule has 2 aliphatic heterocycles. The van der Waals surface area contributed by atoms with Crippen LogP contribution in [0.25, 0.3) is 10.9 Å². The first-order valence-electron chi connectivity index (χ1n) is 16.7. The normalized spacial score (nSPS) is 18.1. The molecule has 0 spiro atoms. The first-order chi connectivity index (χ1) is 23.4. The molecule has 2 aliphatic rings. The van der Waals surface area contributed by atoms with Gasteiger partial charge in [-0.05, 0) is 69.6 Å². The molecule has 2 saturated heterocycles. The van der Waals surface area contributed by atoms with E-state index in [-0.39, 0.29) is 36.9 Å². The zero-order valence-electron chi connectivity index (χ0n) is 28.7. The highest BCUT2D eigenvalue weighted by molar-refractivity contribution is 6.02. The van der Waals surface area contributed by atoms with E-state index in [4.69, 9.17) is 14.2 Å². The summed E-state index contributed by atoms with van der Waals surface area (Å²) in [5.74, 6) is -2.25. The van der Waals surface area contributed by atoms with Crippen LogP contribution in [-0.2, 0) is 28.6 Å². The minimum atomic E-state index is -1.21. The van der Waals surface area contributed by atoms with Crippen molar-refractivity contribution in [2.24, 2.45) is 11.8 Å². The van der Waals surface area contributed by atoms with E-state index >= 15 is 0 Å². The largest absolute Gasteiger partial charge is 0.509 e. The second-order valence-electron chi connectivity index (χ2n) is 12.8. The van der Waals surface area contributed by atoms with Gasteiger partial charge in [-0.25, -0.2) is 9.59 Å². The fourth-order valence-electron chi connectivity index (χ4n) is 6.19. The van der Waals surface area contributed by atoms with Crippen LogP contribution >= 0.6 is 0 Å². The summed E-state index contributed by atoms with van der Waals surface area (Å²) in [7, 11) is 2.69. The highest BCUT2D eigenvalue weighted by Gasteiger charge is 2.39. The molecule has 4 atom stereocenters. The van der Waals surface area contributed by atoms with Gasteiger partial charge in [-0.1, -0.05) is 19.9 Å². The number of aromatic amines is 1. The smallest absolute Gasteiger partial charge is 0.496 e. The third-order valence-corrected chi connectivity index (χ3v) is 8.82. The number of nitrogens with zero attached hydrogens (tertiary/aromatic N) is 2. The predicted octanol–water partition coefficient (Wildman–Crippen LogP) is 3.37. The topological polar surface area (TPSA) is 186 Å². The van der Waals surface area contributed by atoms with Gasteiger partial charge in [0.25, 0.3) is 5.91 Å². The van der Waals surface area contributed by atoms with Crippen molar-refractivity contribution in [3.63, 3.8) is 0 Å². The number of carbonyl (C=O) groups excluding carboxylic acids is 6. The van der Waals surface area contributed by atoms with E-state index in [1.807, 2.05) is 13.8 Å². The maximum absolute atomic E-state index is 13.8. The average molecular weight is 686 g/mol. The lowest BCUT2D eigenvalue weighted by molar-refractivity contribution is -0.140. The Labute approximate surface area is 285 Å². The number of Topliss-reactive ketones (excluding diaryl/α,β-unsaturated/α-hetero) is 1. The van der Waals surface area contributed by atoms with Gasteiger partial charge in [0.05, 0.1) is 20.3 Å². The summed E-state index contributed by atoms with van der Waals surface area (Å²) < 4.78 is 20.4. The van der Waals surface area contributed by atoms with Crippen LogP contribution in [-0.4, -0.2) is 109 Å². The Hall–Kier alpha value is -4.82. The minimum absolute atomic E-state index is 0.0141. The number of aromatic nitrogens is 1. The lowest BCUT2D eigenvalue weighted by atomic mass is 9.95. The van der Waals surface area contributed by atoms with Crippen LogP contribution in [0.15, 0.2) is 24.3 Å². The van der Waals surface area contributed by atoms with Gasteiger partial charge in [0.15, 0.2) is 18.6 Å². The Balaban J connectivity index is 1.50. The average Bonchev–Trinajstić information content (AvgIpc) is 3.70. The first kappa shape index (κ1) is 37.0. The van der Waals surface area contributed by atoms with E-state index in [1.54, 1.807) is 29.2 Å². The fraction of sp³-hybridized carbons (Fsp3) is 0.588. The molecule has 2 aromatic rings. The van der Waals surface area contributed by atoms with Crippen LogP contribution in [0, 0.1) is 11.8 Å². The number of H-pyrrole nitrogens is 1. The summed E-state index contributed by atoms with van der Waals surface area (Å²) in [6.45, 7) is 6.03. The van der Waals surface area contributed by atoms with Gasteiger partial charge < -0.3 is 44.4 Å².